The molecule has 0 radical (unpaired) electrons. The summed E-state index contributed by atoms with van der Waals surface area (Å²) in [5, 5.41) is 10.7. The van der Waals surface area contributed by atoms with Crippen LogP contribution in [-0.2, 0) is 11.3 Å². The zero-order chi connectivity index (χ0) is 14.9. The van der Waals surface area contributed by atoms with E-state index in [2.05, 4.69) is 4.98 Å². The van der Waals surface area contributed by atoms with Gasteiger partial charge >= 0.3 is 18.1 Å². The third-order valence-electron chi connectivity index (χ3n) is 2.35. The average molecular weight is 288 g/mol. The van der Waals surface area contributed by atoms with Crippen LogP contribution in [0.3, 0.4) is 0 Å². The highest BCUT2D eigenvalue weighted by atomic mass is 19.4. The number of aromatic carboxylic acids is 1. The van der Waals surface area contributed by atoms with Crippen molar-refractivity contribution in [3.05, 3.63) is 29.7 Å². The van der Waals surface area contributed by atoms with Crippen molar-refractivity contribution in [1.82, 2.24) is 10.3 Å². The number of carboxylic acid groups (broad SMARTS) is 1. The van der Waals surface area contributed by atoms with E-state index >= 15 is 0 Å². The Kier molecular flexibility index (Phi) is 3.35. The minimum absolute atomic E-state index is 0.0349. The molecule has 0 aromatic carbocycles. The third-order valence-corrected chi connectivity index (χ3v) is 2.35. The fraction of sp³-hybridized carbons (Fsp3) is 0.182. The van der Waals surface area contributed by atoms with Gasteiger partial charge in [-0.1, -0.05) is 0 Å². The second-order valence-corrected chi connectivity index (χ2v) is 3.82. The lowest BCUT2D eigenvalue weighted by atomic mass is 10.2. The molecule has 0 aliphatic carbocycles. The van der Waals surface area contributed by atoms with E-state index in [0.29, 0.717) is 5.39 Å². The molecule has 2 N–H and O–H groups in total. The van der Waals surface area contributed by atoms with Crippen LogP contribution in [0.1, 0.15) is 16.1 Å². The van der Waals surface area contributed by atoms with Crippen molar-refractivity contribution in [1.29, 1.82) is 0 Å². The molecule has 0 bridgehead atoms. The van der Waals surface area contributed by atoms with Gasteiger partial charge in [-0.15, -0.1) is 0 Å². The van der Waals surface area contributed by atoms with E-state index in [0.717, 1.165) is 6.20 Å². The first-order valence-electron chi connectivity index (χ1n) is 5.24. The van der Waals surface area contributed by atoms with E-state index < -0.39 is 24.6 Å². The van der Waals surface area contributed by atoms with E-state index in [1.54, 1.807) is 5.32 Å². The van der Waals surface area contributed by atoms with Gasteiger partial charge < -0.3 is 14.8 Å². The molecule has 2 heterocycles. The maximum Gasteiger partial charge on any atom is 0.471 e. The number of nitrogens with one attached hydrogen (secondary N) is 1. The van der Waals surface area contributed by atoms with Crippen molar-refractivity contribution in [2.24, 2.45) is 0 Å². The largest absolute Gasteiger partial charge is 0.478 e. The number of amides is 1. The van der Waals surface area contributed by atoms with E-state index in [1.807, 2.05) is 0 Å². The monoisotopic (exact) mass is 288 g/mol. The number of furan rings is 1. The quantitative estimate of drug-likeness (QED) is 0.896. The number of aromatic nitrogens is 1. The molecular weight excluding hydrogens is 281 g/mol. The minimum atomic E-state index is -4.97. The Balaban J connectivity index is 2.16. The maximum absolute atomic E-state index is 12.0. The van der Waals surface area contributed by atoms with E-state index in [9.17, 15) is 22.8 Å². The van der Waals surface area contributed by atoms with Crippen LogP contribution in [0.15, 0.2) is 22.7 Å². The zero-order valence-electron chi connectivity index (χ0n) is 9.69. The molecule has 0 fully saturated rings. The number of nitrogens with zero attached hydrogens (tertiary/aromatic N) is 1. The maximum atomic E-state index is 12.0. The van der Waals surface area contributed by atoms with Crippen molar-refractivity contribution < 1.29 is 32.3 Å². The van der Waals surface area contributed by atoms with Crippen LogP contribution >= 0.6 is 0 Å². The van der Waals surface area contributed by atoms with Gasteiger partial charge in [0.2, 0.25) is 5.71 Å². The second-order valence-electron chi connectivity index (χ2n) is 3.82. The summed E-state index contributed by atoms with van der Waals surface area (Å²) in [5.41, 5.74) is -0.00423. The molecule has 106 valence electrons. The lowest BCUT2D eigenvalue weighted by Gasteiger charge is -2.05. The van der Waals surface area contributed by atoms with Crippen LogP contribution in [-0.4, -0.2) is 28.1 Å². The number of rotatable bonds is 3. The molecule has 0 unspecified atom stereocenters. The van der Waals surface area contributed by atoms with Gasteiger partial charge in [0.25, 0.3) is 0 Å². The first-order chi connectivity index (χ1) is 9.27. The molecule has 0 saturated carbocycles. The highest BCUT2D eigenvalue weighted by Crippen LogP contribution is 2.19. The van der Waals surface area contributed by atoms with Gasteiger partial charge in [-0.2, -0.15) is 13.2 Å². The summed E-state index contributed by atoms with van der Waals surface area (Å²) in [4.78, 5) is 25.1. The van der Waals surface area contributed by atoms with Crippen molar-refractivity contribution >= 4 is 23.0 Å². The molecule has 2 aromatic rings. The number of alkyl halides is 3. The number of halogens is 3. The third kappa shape index (κ3) is 2.87. The Labute approximate surface area is 109 Å². The Morgan fingerprint density at radius 1 is 1.35 bits per heavy atom. The summed E-state index contributed by atoms with van der Waals surface area (Å²) in [6.45, 7) is -0.475. The molecule has 0 aliphatic rings. The smallest absolute Gasteiger partial charge is 0.471 e. The van der Waals surface area contributed by atoms with Crippen LogP contribution < -0.4 is 5.32 Å². The molecule has 0 atom stereocenters. The van der Waals surface area contributed by atoms with Crippen LogP contribution in [0.25, 0.3) is 11.1 Å². The molecular formula is C11H7F3N2O4. The Morgan fingerprint density at radius 2 is 2.05 bits per heavy atom. The van der Waals surface area contributed by atoms with Crippen molar-refractivity contribution in [3.8, 4) is 0 Å². The number of fused-ring (bicyclic) bond motifs is 1. The van der Waals surface area contributed by atoms with Gasteiger partial charge in [0, 0.05) is 11.6 Å². The number of carboxylic acids is 1. The van der Waals surface area contributed by atoms with Crippen LogP contribution in [0.4, 0.5) is 13.2 Å². The topological polar surface area (TPSA) is 92.4 Å². The summed E-state index contributed by atoms with van der Waals surface area (Å²) in [6.07, 6.45) is -3.91. The zero-order valence-corrected chi connectivity index (χ0v) is 9.69. The van der Waals surface area contributed by atoms with E-state index in [1.165, 1.54) is 12.1 Å². The van der Waals surface area contributed by atoms with Crippen LogP contribution in [0, 0.1) is 0 Å². The number of hydrogen-bond acceptors (Lipinski definition) is 4. The molecule has 2 aromatic heterocycles. The molecule has 0 spiro atoms. The molecule has 9 heteroatoms. The van der Waals surface area contributed by atoms with Crippen molar-refractivity contribution in [2.45, 2.75) is 12.7 Å². The Morgan fingerprint density at radius 3 is 2.65 bits per heavy atom. The molecule has 2 rings (SSSR count). The van der Waals surface area contributed by atoms with Gasteiger partial charge in [0.15, 0.2) is 0 Å². The summed E-state index contributed by atoms with van der Waals surface area (Å²) >= 11 is 0. The Hall–Kier alpha value is -2.58. The first-order valence-corrected chi connectivity index (χ1v) is 5.24. The lowest BCUT2D eigenvalue weighted by Crippen LogP contribution is -2.36. The summed E-state index contributed by atoms with van der Waals surface area (Å²) in [7, 11) is 0. The molecule has 1 amide bonds. The average Bonchev–Trinajstić information content (AvgIpc) is 2.76. The normalized spacial score (nSPS) is 11.6. The minimum Gasteiger partial charge on any atom is -0.478 e. The predicted octanol–water partition coefficient (Wildman–Crippen LogP) is 1.70. The second kappa shape index (κ2) is 4.83. The SMILES string of the molecule is O=C(O)c1cnc2oc(CNC(=O)C(F)(F)F)cc2c1. The van der Waals surface area contributed by atoms with Gasteiger partial charge in [0.05, 0.1) is 12.1 Å². The van der Waals surface area contributed by atoms with Crippen molar-refractivity contribution in [2.75, 3.05) is 0 Å². The van der Waals surface area contributed by atoms with Crippen LogP contribution in [0.2, 0.25) is 0 Å². The van der Waals surface area contributed by atoms with Gasteiger partial charge in [-0.25, -0.2) is 9.78 Å². The number of pyridine rings is 1. The van der Waals surface area contributed by atoms with Crippen molar-refractivity contribution in [3.63, 3.8) is 0 Å². The number of carbonyl (C=O) groups is 2. The van der Waals surface area contributed by atoms with Gasteiger partial charge in [-0.3, -0.25) is 4.79 Å². The van der Waals surface area contributed by atoms with E-state index in [4.69, 9.17) is 9.52 Å². The van der Waals surface area contributed by atoms with E-state index in [-0.39, 0.29) is 17.0 Å². The highest BCUT2D eigenvalue weighted by molar-refractivity contribution is 5.91. The molecule has 6 nitrogen and oxygen atoms in total. The predicted molar refractivity (Wildman–Crippen MR) is 58.9 cm³/mol. The molecule has 0 saturated heterocycles. The number of carbonyl (C=O) groups excluding carboxylic acids is 1. The molecule has 20 heavy (non-hydrogen) atoms. The van der Waals surface area contributed by atoms with Gasteiger partial charge in [-0.05, 0) is 12.1 Å². The van der Waals surface area contributed by atoms with Gasteiger partial charge in [0.1, 0.15) is 5.76 Å². The summed E-state index contributed by atoms with van der Waals surface area (Å²) in [5.74, 6) is -3.24. The summed E-state index contributed by atoms with van der Waals surface area (Å²) in [6, 6.07) is 2.58. The fourth-order valence-corrected chi connectivity index (χ4v) is 1.46. The van der Waals surface area contributed by atoms with Crippen LogP contribution in [0.5, 0.6) is 0 Å². The highest BCUT2D eigenvalue weighted by Gasteiger charge is 2.38. The lowest BCUT2D eigenvalue weighted by molar-refractivity contribution is -0.173. The first kappa shape index (κ1) is 13.8. The standard InChI is InChI=1S/C11H7F3N2O4/c12-11(13,14)10(19)16-4-7-2-5-1-6(9(17)18)3-15-8(5)20-7/h1-3H,4H2,(H,16,19)(H,17,18). The fourth-order valence-electron chi connectivity index (χ4n) is 1.46. The summed E-state index contributed by atoms with van der Waals surface area (Å²) < 4.78 is 41.0. The number of hydrogen-bond donors (Lipinski definition) is 2. The Bertz CT molecular complexity index is 678. The molecule has 0 aliphatic heterocycles.